The molecule has 12 rings (SSSR count). The van der Waals surface area contributed by atoms with Gasteiger partial charge in [0.2, 0.25) is 0 Å². The van der Waals surface area contributed by atoms with E-state index in [1.54, 1.807) is 0 Å². The first kappa shape index (κ1) is 34.9. The van der Waals surface area contributed by atoms with E-state index in [0.29, 0.717) is 0 Å². The number of anilines is 3. The molecular weight excluding hydrogens is 741 g/mol. The standard InChI is InChI=1S/C58H38N2O/c1-2-12-39(13-3-1)40-24-31-45(32-25-40)59(47-35-28-43(29-36-47)50-20-11-21-53-54-37-30-42-14-4-5-17-49(42)58(54)61-57(50)53)46-33-26-41(27-34-46)44-15-10-16-48(38-44)60-55-22-8-6-18-51(55)52-19-7-9-23-56(52)60/h1-38H. The van der Waals surface area contributed by atoms with Crippen LogP contribution >= 0.6 is 0 Å². The van der Waals surface area contributed by atoms with Crippen molar-refractivity contribution >= 4 is 71.6 Å². The summed E-state index contributed by atoms with van der Waals surface area (Å²) in [4.78, 5) is 2.34. The van der Waals surface area contributed by atoms with Crippen LogP contribution in [0.15, 0.2) is 235 Å². The minimum Gasteiger partial charge on any atom is -0.455 e. The maximum atomic E-state index is 6.72. The van der Waals surface area contributed by atoms with Gasteiger partial charge in [0.1, 0.15) is 11.2 Å². The van der Waals surface area contributed by atoms with E-state index in [-0.39, 0.29) is 0 Å². The second-order valence-corrected chi connectivity index (χ2v) is 15.7. The van der Waals surface area contributed by atoms with Crippen LogP contribution in [0.3, 0.4) is 0 Å². The molecule has 0 saturated carbocycles. The number of aromatic nitrogens is 1. The summed E-state index contributed by atoms with van der Waals surface area (Å²) >= 11 is 0. The average Bonchev–Trinajstić information content (AvgIpc) is 3.89. The smallest absolute Gasteiger partial charge is 0.143 e. The Morgan fingerprint density at radius 3 is 1.48 bits per heavy atom. The Bertz CT molecular complexity index is 3510. The van der Waals surface area contributed by atoms with Crippen LogP contribution in [-0.4, -0.2) is 4.57 Å². The van der Waals surface area contributed by atoms with Gasteiger partial charge in [0.15, 0.2) is 0 Å². The SMILES string of the molecule is c1ccc(-c2ccc(N(c3ccc(-c4cccc(-n5c6ccccc6c6ccccc65)c4)cc3)c3ccc(-c4cccc5c4oc4c6ccccc6ccc54)cc3)cc2)cc1. The first-order chi connectivity index (χ1) is 30.2. The summed E-state index contributed by atoms with van der Waals surface area (Å²) < 4.78 is 9.10. The highest BCUT2D eigenvalue weighted by atomic mass is 16.3. The van der Waals surface area contributed by atoms with Crippen LogP contribution in [0.2, 0.25) is 0 Å². The predicted molar refractivity (Wildman–Crippen MR) is 257 cm³/mol. The lowest BCUT2D eigenvalue weighted by Gasteiger charge is -2.26. The number of rotatable bonds is 7. The molecule has 3 nitrogen and oxygen atoms in total. The Kier molecular flexibility index (Phi) is 8.17. The van der Waals surface area contributed by atoms with Gasteiger partial charge in [-0.15, -0.1) is 0 Å². The van der Waals surface area contributed by atoms with Gasteiger partial charge in [-0.1, -0.05) is 164 Å². The van der Waals surface area contributed by atoms with Crippen molar-refractivity contribution in [1.82, 2.24) is 4.57 Å². The summed E-state index contributed by atoms with van der Waals surface area (Å²) in [7, 11) is 0. The average molecular weight is 779 g/mol. The van der Waals surface area contributed by atoms with Gasteiger partial charge in [0, 0.05) is 55.2 Å². The summed E-state index contributed by atoms with van der Waals surface area (Å²) in [5.41, 5.74) is 15.5. The minimum atomic E-state index is 0.910. The molecule has 0 saturated heterocycles. The predicted octanol–water partition coefficient (Wildman–Crippen LogP) is 16.3. The highest BCUT2D eigenvalue weighted by Gasteiger charge is 2.18. The Hall–Kier alpha value is -8.14. The van der Waals surface area contributed by atoms with E-state index in [4.69, 9.17) is 4.42 Å². The van der Waals surface area contributed by atoms with E-state index >= 15 is 0 Å². The van der Waals surface area contributed by atoms with Gasteiger partial charge in [-0.3, -0.25) is 0 Å². The topological polar surface area (TPSA) is 21.3 Å². The lowest BCUT2D eigenvalue weighted by molar-refractivity contribution is 0.674. The van der Waals surface area contributed by atoms with Gasteiger partial charge in [-0.05, 0) is 99.9 Å². The number of hydrogen-bond acceptors (Lipinski definition) is 2. The normalized spacial score (nSPS) is 11.6. The molecule has 10 aromatic carbocycles. The van der Waals surface area contributed by atoms with Gasteiger partial charge in [-0.25, -0.2) is 0 Å². The van der Waals surface area contributed by atoms with Crippen molar-refractivity contribution in [2.75, 3.05) is 4.90 Å². The van der Waals surface area contributed by atoms with Gasteiger partial charge in [-0.2, -0.15) is 0 Å². The largest absolute Gasteiger partial charge is 0.455 e. The zero-order valence-corrected chi connectivity index (χ0v) is 33.2. The van der Waals surface area contributed by atoms with E-state index in [1.165, 1.54) is 43.9 Å². The third-order valence-electron chi connectivity index (χ3n) is 12.2. The van der Waals surface area contributed by atoms with Crippen molar-refractivity contribution in [2.45, 2.75) is 0 Å². The van der Waals surface area contributed by atoms with E-state index in [1.807, 2.05) is 0 Å². The molecule has 0 aliphatic heterocycles. The van der Waals surface area contributed by atoms with Crippen LogP contribution in [0, 0.1) is 0 Å². The molecule has 286 valence electrons. The van der Waals surface area contributed by atoms with Crippen molar-refractivity contribution in [1.29, 1.82) is 0 Å². The van der Waals surface area contributed by atoms with Crippen LogP contribution in [0.5, 0.6) is 0 Å². The molecule has 0 spiro atoms. The van der Waals surface area contributed by atoms with Crippen LogP contribution in [0.1, 0.15) is 0 Å². The number of hydrogen-bond donors (Lipinski definition) is 0. The molecule has 12 aromatic rings. The molecule has 61 heavy (non-hydrogen) atoms. The molecule has 0 radical (unpaired) electrons. The minimum absolute atomic E-state index is 0.910. The van der Waals surface area contributed by atoms with E-state index in [2.05, 4.69) is 240 Å². The second kappa shape index (κ2) is 14.3. The zero-order valence-electron chi connectivity index (χ0n) is 33.2. The third-order valence-corrected chi connectivity index (χ3v) is 12.2. The van der Waals surface area contributed by atoms with E-state index in [9.17, 15) is 0 Å². The maximum absolute atomic E-state index is 6.72. The van der Waals surface area contributed by atoms with Crippen molar-refractivity contribution in [3.63, 3.8) is 0 Å². The number of furan rings is 1. The number of benzene rings is 10. The lowest BCUT2D eigenvalue weighted by Crippen LogP contribution is -2.09. The molecule has 0 aliphatic rings. The van der Waals surface area contributed by atoms with Crippen LogP contribution in [-0.2, 0) is 0 Å². The number of nitrogens with zero attached hydrogens (tertiary/aromatic N) is 2. The summed E-state index contributed by atoms with van der Waals surface area (Å²) in [6.07, 6.45) is 0. The van der Waals surface area contributed by atoms with Crippen molar-refractivity contribution in [3.8, 4) is 39.1 Å². The van der Waals surface area contributed by atoms with Crippen molar-refractivity contribution < 1.29 is 4.42 Å². The molecule has 2 aromatic heterocycles. The van der Waals surface area contributed by atoms with Crippen molar-refractivity contribution in [2.24, 2.45) is 0 Å². The molecular formula is C58H38N2O. The quantitative estimate of drug-likeness (QED) is 0.161. The third kappa shape index (κ3) is 5.90. The summed E-state index contributed by atoms with van der Waals surface area (Å²) in [5, 5.41) is 7.10. The van der Waals surface area contributed by atoms with Crippen LogP contribution in [0.4, 0.5) is 17.1 Å². The molecule has 3 heteroatoms. The monoisotopic (exact) mass is 778 g/mol. The molecule has 0 fully saturated rings. The fraction of sp³-hybridized carbons (Fsp3) is 0. The molecule has 0 bridgehead atoms. The highest BCUT2D eigenvalue weighted by Crippen LogP contribution is 2.42. The second-order valence-electron chi connectivity index (χ2n) is 15.7. The molecule has 0 aliphatic carbocycles. The first-order valence-corrected chi connectivity index (χ1v) is 20.8. The van der Waals surface area contributed by atoms with E-state index in [0.717, 1.165) is 66.8 Å². The molecule has 0 unspecified atom stereocenters. The van der Waals surface area contributed by atoms with Crippen LogP contribution < -0.4 is 4.90 Å². The molecule has 2 heterocycles. The Morgan fingerprint density at radius 2 is 0.803 bits per heavy atom. The lowest BCUT2D eigenvalue weighted by atomic mass is 10.0. The van der Waals surface area contributed by atoms with Gasteiger partial charge in [0.25, 0.3) is 0 Å². The zero-order chi connectivity index (χ0) is 40.3. The number of fused-ring (bicyclic) bond motifs is 8. The number of para-hydroxylation sites is 3. The fourth-order valence-electron chi connectivity index (χ4n) is 9.25. The first-order valence-electron chi connectivity index (χ1n) is 20.8. The molecule has 0 N–H and O–H groups in total. The summed E-state index contributed by atoms with van der Waals surface area (Å²) in [6, 6.07) is 82.8. The molecule has 0 atom stereocenters. The Labute approximate surface area is 353 Å². The Morgan fingerprint density at radius 1 is 0.311 bits per heavy atom. The van der Waals surface area contributed by atoms with Crippen molar-refractivity contribution in [3.05, 3.63) is 231 Å². The Balaban J connectivity index is 0.927. The van der Waals surface area contributed by atoms with Crippen LogP contribution in [0.25, 0.3) is 93.6 Å². The summed E-state index contributed by atoms with van der Waals surface area (Å²) in [5.74, 6) is 0. The fourth-order valence-corrected chi connectivity index (χ4v) is 9.25. The van der Waals surface area contributed by atoms with E-state index < -0.39 is 0 Å². The highest BCUT2D eigenvalue weighted by molar-refractivity contribution is 6.17. The maximum Gasteiger partial charge on any atom is 0.143 e. The van der Waals surface area contributed by atoms with Gasteiger partial charge < -0.3 is 13.9 Å². The van der Waals surface area contributed by atoms with Gasteiger partial charge in [0.05, 0.1) is 11.0 Å². The molecule has 0 amide bonds. The summed E-state index contributed by atoms with van der Waals surface area (Å²) in [6.45, 7) is 0. The van der Waals surface area contributed by atoms with Gasteiger partial charge >= 0.3 is 0 Å².